The highest BCUT2D eigenvalue weighted by Crippen LogP contribution is 2.16. The first kappa shape index (κ1) is 13.0. The van der Waals surface area contributed by atoms with Gasteiger partial charge in [0.15, 0.2) is 5.82 Å². The van der Waals surface area contributed by atoms with E-state index in [0.29, 0.717) is 0 Å². The van der Waals surface area contributed by atoms with Crippen molar-refractivity contribution in [3.05, 3.63) is 52.9 Å². The number of aromatic nitrogens is 4. The molecule has 3 rings (SSSR count). The molecule has 0 aromatic carbocycles. The number of imidazole rings is 1. The number of aryl methyl sites for hydroxylation is 3. The highest BCUT2D eigenvalue weighted by molar-refractivity contribution is 7.09. The monoisotopic (exact) mass is 284 g/mol. The van der Waals surface area contributed by atoms with E-state index in [2.05, 4.69) is 44.0 Å². The van der Waals surface area contributed by atoms with E-state index < -0.39 is 0 Å². The Bertz CT molecular complexity index is 673. The summed E-state index contributed by atoms with van der Waals surface area (Å²) in [5, 5.41) is 2.11. The first-order valence-corrected chi connectivity index (χ1v) is 7.60. The lowest BCUT2D eigenvalue weighted by molar-refractivity contribution is 0.706. The van der Waals surface area contributed by atoms with Gasteiger partial charge in [-0.1, -0.05) is 13.0 Å². The van der Waals surface area contributed by atoms with Crippen molar-refractivity contribution < 1.29 is 0 Å². The molecule has 0 radical (unpaired) electrons. The molecule has 0 amide bonds. The lowest BCUT2D eigenvalue weighted by atomic mass is 10.3. The molecule has 0 fully saturated rings. The Hall–Kier alpha value is -2.01. The van der Waals surface area contributed by atoms with Crippen LogP contribution in [0.4, 0.5) is 0 Å². The second-order valence-corrected chi connectivity index (χ2v) is 5.52. The van der Waals surface area contributed by atoms with Crippen molar-refractivity contribution in [3.8, 4) is 11.5 Å². The zero-order valence-electron chi connectivity index (χ0n) is 11.4. The Balaban J connectivity index is 1.82. The molecule has 102 valence electrons. The lowest BCUT2D eigenvalue weighted by Gasteiger charge is -2.07. The first-order chi connectivity index (χ1) is 9.86. The average Bonchev–Trinajstić information content (AvgIpc) is 3.16. The zero-order valence-corrected chi connectivity index (χ0v) is 12.2. The van der Waals surface area contributed by atoms with Gasteiger partial charge in [0.2, 0.25) is 0 Å². The maximum absolute atomic E-state index is 4.55. The lowest BCUT2D eigenvalue weighted by Crippen LogP contribution is -2.04. The van der Waals surface area contributed by atoms with E-state index >= 15 is 0 Å². The fourth-order valence-corrected chi connectivity index (χ4v) is 2.80. The number of hydrogen-bond donors (Lipinski definition) is 0. The molecular formula is C15H16N4S. The number of nitrogens with zero attached hydrogens (tertiary/aromatic N) is 4. The number of hydrogen-bond acceptors (Lipinski definition) is 4. The van der Waals surface area contributed by atoms with Crippen LogP contribution in [0.25, 0.3) is 11.5 Å². The summed E-state index contributed by atoms with van der Waals surface area (Å²) < 4.78 is 2.15. The van der Waals surface area contributed by atoms with Crippen LogP contribution in [-0.4, -0.2) is 19.5 Å². The van der Waals surface area contributed by atoms with Crippen molar-refractivity contribution in [2.75, 3.05) is 0 Å². The average molecular weight is 284 g/mol. The Morgan fingerprint density at radius 2 is 2.15 bits per heavy atom. The van der Waals surface area contributed by atoms with Gasteiger partial charge in [-0.2, -0.15) is 0 Å². The third kappa shape index (κ3) is 2.77. The van der Waals surface area contributed by atoms with E-state index in [9.17, 15) is 0 Å². The molecule has 3 aromatic rings. The number of thiophene rings is 1. The van der Waals surface area contributed by atoms with Crippen molar-refractivity contribution >= 4 is 11.3 Å². The van der Waals surface area contributed by atoms with Crippen molar-refractivity contribution in [1.29, 1.82) is 0 Å². The second-order valence-electron chi connectivity index (χ2n) is 4.49. The Morgan fingerprint density at radius 3 is 2.95 bits per heavy atom. The van der Waals surface area contributed by atoms with Gasteiger partial charge in [0, 0.05) is 36.4 Å². The van der Waals surface area contributed by atoms with Gasteiger partial charge in [-0.3, -0.25) is 0 Å². The molecule has 0 N–H and O–H groups in total. The van der Waals surface area contributed by atoms with Crippen LogP contribution >= 0.6 is 11.3 Å². The minimum Gasteiger partial charge on any atom is -0.329 e. The van der Waals surface area contributed by atoms with Crippen LogP contribution in [0.5, 0.6) is 0 Å². The van der Waals surface area contributed by atoms with Crippen LogP contribution < -0.4 is 0 Å². The predicted octanol–water partition coefficient (Wildman–Crippen LogP) is 3.21. The van der Waals surface area contributed by atoms with Gasteiger partial charge in [0.05, 0.1) is 0 Å². The fraction of sp³-hybridized carbons (Fsp3) is 0.267. The third-order valence-corrected chi connectivity index (χ3v) is 4.08. The molecule has 0 atom stereocenters. The molecule has 0 aliphatic carbocycles. The summed E-state index contributed by atoms with van der Waals surface area (Å²) in [6.45, 7) is 2.98. The van der Waals surface area contributed by atoms with E-state index in [1.165, 1.54) is 4.88 Å². The van der Waals surface area contributed by atoms with Crippen molar-refractivity contribution in [2.24, 2.45) is 0 Å². The molecule has 3 aromatic heterocycles. The molecule has 0 aliphatic rings. The fourth-order valence-electron chi connectivity index (χ4n) is 2.10. The predicted molar refractivity (Wildman–Crippen MR) is 80.7 cm³/mol. The highest BCUT2D eigenvalue weighted by atomic mass is 32.1. The Kier molecular flexibility index (Phi) is 3.87. The summed E-state index contributed by atoms with van der Waals surface area (Å²) >= 11 is 1.79. The standard InChI is InChI=1S/C15H16N4S/c1-2-14-16-7-5-13(18-14)15-17-8-10-19(15)9-6-12-4-3-11-20-12/h3-5,7-8,10-11H,2,6,9H2,1H3. The van der Waals surface area contributed by atoms with Crippen molar-refractivity contribution in [3.63, 3.8) is 0 Å². The second kappa shape index (κ2) is 5.96. The largest absolute Gasteiger partial charge is 0.329 e. The summed E-state index contributed by atoms with van der Waals surface area (Å²) in [6.07, 6.45) is 7.50. The van der Waals surface area contributed by atoms with Gasteiger partial charge < -0.3 is 4.57 Å². The smallest absolute Gasteiger partial charge is 0.158 e. The molecule has 0 saturated heterocycles. The molecule has 0 unspecified atom stereocenters. The summed E-state index contributed by atoms with van der Waals surface area (Å²) in [5.41, 5.74) is 0.896. The maximum Gasteiger partial charge on any atom is 0.158 e. The topological polar surface area (TPSA) is 43.6 Å². The van der Waals surface area contributed by atoms with Crippen LogP contribution in [0, 0.1) is 0 Å². The summed E-state index contributed by atoms with van der Waals surface area (Å²) in [4.78, 5) is 14.6. The van der Waals surface area contributed by atoms with Crippen molar-refractivity contribution in [1.82, 2.24) is 19.5 Å². The normalized spacial score (nSPS) is 10.8. The molecule has 20 heavy (non-hydrogen) atoms. The van der Waals surface area contributed by atoms with Gasteiger partial charge in [-0.25, -0.2) is 15.0 Å². The summed E-state index contributed by atoms with van der Waals surface area (Å²) in [7, 11) is 0. The molecule has 5 heteroatoms. The minimum absolute atomic E-state index is 0.837. The summed E-state index contributed by atoms with van der Waals surface area (Å²) in [6, 6.07) is 6.18. The Labute approximate surface area is 122 Å². The van der Waals surface area contributed by atoms with Gasteiger partial charge >= 0.3 is 0 Å². The van der Waals surface area contributed by atoms with E-state index in [4.69, 9.17) is 0 Å². The zero-order chi connectivity index (χ0) is 13.8. The highest BCUT2D eigenvalue weighted by Gasteiger charge is 2.08. The quantitative estimate of drug-likeness (QED) is 0.722. The van der Waals surface area contributed by atoms with Crippen LogP contribution in [0.1, 0.15) is 17.6 Å². The summed E-state index contributed by atoms with van der Waals surface area (Å²) in [5.74, 6) is 1.77. The van der Waals surface area contributed by atoms with Crippen LogP contribution in [0.3, 0.4) is 0 Å². The van der Waals surface area contributed by atoms with Gasteiger partial charge in [0.1, 0.15) is 11.5 Å². The molecule has 0 bridgehead atoms. The third-order valence-electron chi connectivity index (χ3n) is 3.15. The van der Waals surface area contributed by atoms with Gasteiger partial charge in [0.25, 0.3) is 0 Å². The van der Waals surface area contributed by atoms with E-state index in [1.54, 1.807) is 17.5 Å². The Morgan fingerprint density at radius 1 is 1.20 bits per heavy atom. The van der Waals surface area contributed by atoms with E-state index in [1.807, 2.05) is 18.5 Å². The molecule has 4 nitrogen and oxygen atoms in total. The van der Waals surface area contributed by atoms with Crippen LogP contribution in [-0.2, 0) is 19.4 Å². The molecular weight excluding hydrogens is 268 g/mol. The van der Waals surface area contributed by atoms with E-state index in [0.717, 1.165) is 36.7 Å². The first-order valence-electron chi connectivity index (χ1n) is 6.72. The molecule has 3 heterocycles. The van der Waals surface area contributed by atoms with Gasteiger partial charge in [-0.15, -0.1) is 11.3 Å². The van der Waals surface area contributed by atoms with Crippen LogP contribution in [0.15, 0.2) is 42.2 Å². The SMILES string of the molecule is CCc1nccc(-c2nccn2CCc2cccs2)n1. The molecule has 0 spiro atoms. The van der Waals surface area contributed by atoms with E-state index in [-0.39, 0.29) is 0 Å². The van der Waals surface area contributed by atoms with Crippen molar-refractivity contribution in [2.45, 2.75) is 26.3 Å². The van der Waals surface area contributed by atoms with Crippen LogP contribution in [0.2, 0.25) is 0 Å². The molecule has 0 saturated carbocycles. The van der Waals surface area contributed by atoms with Gasteiger partial charge in [-0.05, 0) is 23.9 Å². The number of rotatable bonds is 5. The minimum atomic E-state index is 0.837. The maximum atomic E-state index is 4.55. The molecule has 0 aliphatic heterocycles.